The van der Waals surface area contributed by atoms with Gasteiger partial charge in [-0.3, -0.25) is 4.79 Å². The van der Waals surface area contributed by atoms with Crippen molar-refractivity contribution in [2.45, 2.75) is 25.8 Å². The Morgan fingerprint density at radius 2 is 2.18 bits per heavy atom. The number of pyridine rings is 1. The molecule has 0 aromatic carbocycles. The molecule has 1 rings (SSSR count). The zero-order valence-electron chi connectivity index (χ0n) is 10.6. The van der Waals surface area contributed by atoms with Gasteiger partial charge in [-0.05, 0) is 49.8 Å². The summed E-state index contributed by atoms with van der Waals surface area (Å²) in [6, 6.07) is 5.92. The van der Waals surface area contributed by atoms with Gasteiger partial charge in [0.15, 0.2) is 0 Å². The van der Waals surface area contributed by atoms with Gasteiger partial charge in [-0.2, -0.15) is 0 Å². The van der Waals surface area contributed by atoms with Crippen molar-refractivity contribution in [1.82, 2.24) is 4.98 Å². The summed E-state index contributed by atoms with van der Waals surface area (Å²) in [7, 11) is 3.34. The first kappa shape index (κ1) is 15.0. The molecule has 0 bridgehead atoms. The van der Waals surface area contributed by atoms with E-state index in [4.69, 9.17) is 0 Å². The molecule has 0 saturated carbocycles. The maximum absolute atomic E-state index is 11.5. The van der Waals surface area contributed by atoms with Gasteiger partial charge < -0.3 is 0 Å². The number of nitrogens with zero attached hydrogens (tertiary/aromatic N) is 1. The van der Waals surface area contributed by atoms with Crippen LogP contribution in [0.15, 0.2) is 29.4 Å². The minimum absolute atomic E-state index is 0.196. The quantitative estimate of drug-likeness (QED) is 0.570. The lowest BCUT2D eigenvalue weighted by Gasteiger charge is -2.24. The topological polar surface area (TPSA) is 30.0 Å². The summed E-state index contributed by atoms with van der Waals surface area (Å²) in [6.07, 6.45) is 2.77. The SMILES string of the molecule is CC(=O)C(C)(C)CP(C)SSc1ccccn1. The van der Waals surface area contributed by atoms with Crippen molar-refractivity contribution >= 4 is 34.1 Å². The van der Waals surface area contributed by atoms with Gasteiger partial charge >= 0.3 is 0 Å². The van der Waals surface area contributed by atoms with E-state index >= 15 is 0 Å². The fraction of sp³-hybridized carbons (Fsp3) is 0.500. The van der Waals surface area contributed by atoms with Crippen molar-refractivity contribution in [3.05, 3.63) is 24.4 Å². The molecule has 5 heteroatoms. The summed E-state index contributed by atoms with van der Waals surface area (Å²) in [4.78, 5) is 15.7. The Hall–Kier alpha value is -0.0500. The van der Waals surface area contributed by atoms with Gasteiger partial charge in [0, 0.05) is 11.6 Å². The minimum atomic E-state index is -0.206. The van der Waals surface area contributed by atoms with Crippen LogP contribution in [0.4, 0.5) is 0 Å². The molecule has 1 unspecified atom stereocenters. The van der Waals surface area contributed by atoms with E-state index in [1.807, 2.05) is 42.5 Å². The fourth-order valence-electron chi connectivity index (χ4n) is 1.19. The van der Waals surface area contributed by atoms with E-state index in [0.29, 0.717) is 0 Å². The first-order valence-electron chi connectivity index (χ1n) is 5.39. The maximum Gasteiger partial charge on any atom is 0.135 e. The van der Waals surface area contributed by atoms with Crippen LogP contribution in [-0.2, 0) is 4.79 Å². The molecule has 0 radical (unpaired) electrons. The van der Waals surface area contributed by atoms with Crippen molar-refractivity contribution in [2.75, 3.05) is 12.8 Å². The summed E-state index contributed by atoms with van der Waals surface area (Å²) in [6.45, 7) is 7.96. The lowest BCUT2D eigenvalue weighted by Crippen LogP contribution is -2.24. The number of hydrogen-bond acceptors (Lipinski definition) is 4. The number of carbonyl (C=O) groups excluding carboxylic acids is 1. The molecule has 94 valence electrons. The Morgan fingerprint density at radius 1 is 1.47 bits per heavy atom. The van der Waals surface area contributed by atoms with Gasteiger partial charge in [-0.25, -0.2) is 4.98 Å². The van der Waals surface area contributed by atoms with E-state index in [0.717, 1.165) is 11.2 Å². The molecule has 17 heavy (non-hydrogen) atoms. The smallest absolute Gasteiger partial charge is 0.135 e. The first-order chi connectivity index (χ1) is 7.92. The minimum Gasteiger partial charge on any atom is -0.299 e. The molecule has 2 nitrogen and oxygen atoms in total. The summed E-state index contributed by atoms with van der Waals surface area (Å²) >= 11 is 0. The molecule has 0 fully saturated rings. The van der Waals surface area contributed by atoms with Gasteiger partial charge in [0.1, 0.15) is 10.8 Å². The highest BCUT2D eigenvalue weighted by Gasteiger charge is 2.26. The molecule has 0 spiro atoms. The van der Waals surface area contributed by atoms with Crippen LogP contribution in [0.2, 0.25) is 0 Å². The largest absolute Gasteiger partial charge is 0.299 e. The van der Waals surface area contributed by atoms with Gasteiger partial charge in [-0.1, -0.05) is 30.3 Å². The van der Waals surface area contributed by atoms with Gasteiger partial charge in [0.2, 0.25) is 0 Å². The highest BCUT2D eigenvalue weighted by atomic mass is 33.3. The number of rotatable bonds is 6. The van der Waals surface area contributed by atoms with E-state index in [1.165, 1.54) is 0 Å². The first-order valence-corrected chi connectivity index (χ1v) is 10.1. The summed E-state index contributed by atoms with van der Waals surface area (Å²) in [5.41, 5.74) is -0.196. The summed E-state index contributed by atoms with van der Waals surface area (Å²) in [5, 5.41) is 1.03. The molecule has 1 aromatic heterocycles. The van der Waals surface area contributed by atoms with E-state index in [1.54, 1.807) is 23.9 Å². The van der Waals surface area contributed by atoms with Gasteiger partial charge in [0.05, 0.1) is 0 Å². The molecule has 0 aliphatic heterocycles. The highest BCUT2D eigenvalue weighted by Crippen LogP contribution is 2.57. The van der Waals surface area contributed by atoms with Crippen LogP contribution >= 0.6 is 28.3 Å². The third kappa shape index (κ3) is 5.41. The van der Waals surface area contributed by atoms with Crippen LogP contribution in [0.25, 0.3) is 0 Å². The van der Waals surface area contributed by atoms with Crippen LogP contribution < -0.4 is 0 Å². The molecule has 1 atom stereocenters. The Morgan fingerprint density at radius 3 is 2.71 bits per heavy atom. The molecule has 0 amide bonds. The van der Waals surface area contributed by atoms with E-state index in [-0.39, 0.29) is 18.3 Å². The second kappa shape index (κ2) is 6.77. The molecular weight excluding hydrogens is 269 g/mol. The van der Waals surface area contributed by atoms with Crippen molar-refractivity contribution in [2.24, 2.45) is 5.41 Å². The third-order valence-corrected chi connectivity index (χ3v) is 9.28. The van der Waals surface area contributed by atoms with Crippen LogP contribution in [0.3, 0.4) is 0 Å². The van der Waals surface area contributed by atoms with E-state index < -0.39 is 0 Å². The zero-order valence-corrected chi connectivity index (χ0v) is 13.2. The normalized spacial score (nSPS) is 13.4. The van der Waals surface area contributed by atoms with Crippen LogP contribution in [0, 0.1) is 5.41 Å². The standard InChI is InChI=1S/C12H18NOPS2/c1-10(14)12(2,3)9-15(4)17-16-11-7-5-6-8-13-11/h5-8H,9H2,1-4H3. The Labute approximate surface area is 112 Å². The molecule has 1 heterocycles. The maximum atomic E-state index is 11.5. The second-order valence-corrected chi connectivity index (χ2v) is 11.0. The zero-order chi connectivity index (χ0) is 12.9. The van der Waals surface area contributed by atoms with Crippen molar-refractivity contribution in [3.8, 4) is 0 Å². The van der Waals surface area contributed by atoms with Gasteiger partial charge in [-0.15, -0.1) is 0 Å². The van der Waals surface area contributed by atoms with Crippen LogP contribution in [0.5, 0.6) is 0 Å². The Kier molecular flexibility index (Phi) is 5.98. The molecular formula is C12H18NOPS2. The van der Waals surface area contributed by atoms with Gasteiger partial charge in [0.25, 0.3) is 0 Å². The van der Waals surface area contributed by atoms with Crippen molar-refractivity contribution in [1.29, 1.82) is 0 Å². The van der Waals surface area contributed by atoms with E-state index in [9.17, 15) is 4.79 Å². The number of carbonyl (C=O) groups is 1. The van der Waals surface area contributed by atoms with Crippen LogP contribution in [0.1, 0.15) is 20.8 Å². The Balaban J connectivity index is 2.41. The Bertz CT molecular complexity index is 370. The van der Waals surface area contributed by atoms with E-state index in [2.05, 4.69) is 11.6 Å². The second-order valence-electron chi connectivity index (χ2n) is 4.55. The molecule has 0 aliphatic rings. The number of aromatic nitrogens is 1. The summed E-state index contributed by atoms with van der Waals surface area (Å²) < 4.78 is 0. The number of hydrogen-bond donors (Lipinski definition) is 0. The lowest BCUT2D eigenvalue weighted by molar-refractivity contribution is -0.123. The summed E-state index contributed by atoms with van der Waals surface area (Å²) in [5.74, 6) is 0.273. The predicted molar refractivity (Wildman–Crippen MR) is 79.9 cm³/mol. The van der Waals surface area contributed by atoms with Crippen LogP contribution in [-0.4, -0.2) is 23.6 Å². The lowest BCUT2D eigenvalue weighted by atomic mass is 9.92. The monoisotopic (exact) mass is 287 g/mol. The average molecular weight is 287 g/mol. The predicted octanol–water partition coefficient (Wildman–Crippen LogP) is 4.46. The molecule has 0 aliphatic carbocycles. The number of ketones is 1. The molecule has 0 saturated heterocycles. The average Bonchev–Trinajstić information content (AvgIpc) is 2.27. The highest BCUT2D eigenvalue weighted by molar-refractivity contribution is 8.98. The molecule has 1 aromatic rings. The van der Waals surface area contributed by atoms with Crippen molar-refractivity contribution in [3.63, 3.8) is 0 Å². The van der Waals surface area contributed by atoms with Crippen molar-refractivity contribution < 1.29 is 4.79 Å². The number of Topliss-reactive ketones (excluding diaryl/α,β-unsaturated/α-hetero) is 1. The fourth-order valence-corrected chi connectivity index (χ4v) is 7.36. The third-order valence-electron chi connectivity index (χ3n) is 2.46. The molecule has 0 N–H and O–H groups in total.